The van der Waals surface area contributed by atoms with Crippen molar-refractivity contribution >= 4 is 34.2 Å². The number of oxazole rings is 1. The van der Waals surface area contributed by atoms with Crippen LogP contribution >= 0.6 is 0 Å². The number of H-pyrrole nitrogens is 1. The highest BCUT2D eigenvalue weighted by Crippen LogP contribution is 2.26. The first kappa shape index (κ1) is 17.6. The van der Waals surface area contributed by atoms with Gasteiger partial charge in [-0.25, -0.2) is 9.78 Å². The summed E-state index contributed by atoms with van der Waals surface area (Å²) in [5, 5.41) is 6.44. The van der Waals surface area contributed by atoms with Gasteiger partial charge in [-0.3, -0.25) is 4.98 Å². The van der Waals surface area contributed by atoms with Crippen molar-refractivity contribution in [3.05, 3.63) is 64.3 Å². The van der Waals surface area contributed by atoms with E-state index in [1.54, 1.807) is 25.4 Å². The number of benzene rings is 2. The second kappa shape index (κ2) is 7.07. The minimum absolute atomic E-state index is 0.455. The summed E-state index contributed by atoms with van der Waals surface area (Å²) in [6.45, 7) is 3.90. The maximum absolute atomic E-state index is 11.3. The van der Waals surface area contributed by atoms with Crippen molar-refractivity contribution in [2.45, 2.75) is 13.8 Å². The molecule has 0 aliphatic rings. The van der Waals surface area contributed by atoms with E-state index >= 15 is 0 Å². The molecule has 0 bridgehead atoms. The van der Waals surface area contributed by atoms with E-state index < -0.39 is 5.76 Å². The third-order valence-electron chi connectivity index (χ3n) is 4.32. The van der Waals surface area contributed by atoms with Crippen LogP contribution in [0.5, 0.6) is 5.75 Å². The van der Waals surface area contributed by atoms with Crippen molar-refractivity contribution in [1.82, 2.24) is 15.0 Å². The molecule has 8 heteroatoms. The van der Waals surface area contributed by atoms with E-state index in [0.29, 0.717) is 22.9 Å². The molecule has 2 aromatic carbocycles. The van der Waals surface area contributed by atoms with Crippen LogP contribution in [0.1, 0.15) is 11.1 Å². The van der Waals surface area contributed by atoms with Gasteiger partial charge >= 0.3 is 5.76 Å². The molecule has 0 fully saturated rings. The molecule has 0 aliphatic heterocycles. The van der Waals surface area contributed by atoms with Gasteiger partial charge in [-0.1, -0.05) is 6.07 Å². The second-order valence-corrected chi connectivity index (χ2v) is 6.39. The van der Waals surface area contributed by atoms with Crippen LogP contribution in [-0.4, -0.2) is 22.1 Å². The van der Waals surface area contributed by atoms with Crippen LogP contribution in [0.4, 0.5) is 23.1 Å². The zero-order valence-electron chi connectivity index (χ0n) is 15.7. The van der Waals surface area contributed by atoms with Gasteiger partial charge in [0.15, 0.2) is 5.58 Å². The molecule has 4 rings (SSSR count). The molecule has 0 unspecified atom stereocenters. The first-order chi connectivity index (χ1) is 13.5. The summed E-state index contributed by atoms with van der Waals surface area (Å²) in [5.74, 6) is 1.42. The van der Waals surface area contributed by atoms with Crippen LogP contribution in [0.15, 0.2) is 51.8 Å². The molecular weight excluding hydrogens is 358 g/mol. The lowest BCUT2D eigenvalue weighted by Gasteiger charge is -2.12. The average Bonchev–Trinajstić information content (AvgIpc) is 3.05. The number of nitrogens with one attached hydrogen (secondary N) is 3. The molecule has 8 nitrogen and oxygen atoms in total. The Kier molecular flexibility index (Phi) is 4.44. The van der Waals surface area contributed by atoms with Crippen LogP contribution in [-0.2, 0) is 0 Å². The second-order valence-electron chi connectivity index (χ2n) is 6.39. The van der Waals surface area contributed by atoms with E-state index in [-0.39, 0.29) is 0 Å². The largest absolute Gasteiger partial charge is 0.496 e. The number of nitrogens with zero attached hydrogens (tertiary/aromatic N) is 2. The predicted molar refractivity (Wildman–Crippen MR) is 108 cm³/mol. The van der Waals surface area contributed by atoms with Gasteiger partial charge in [0, 0.05) is 29.2 Å². The monoisotopic (exact) mass is 377 g/mol. The van der Waals surface area contributed by atoms with Crippen LogP contribution in [0, 0.1) is 13.8 Å². The normalized spacial score (nSPS) is 10.8. The number of fused-ring (bicyclic) bond motifs is 1. The molecule has 142 valence electrons. The number of aromatic amines is 1. The third kappa shape index (κ3) is 3.52. The van der Waals surface area contributed by atoms with Crippen molar-refractivity contribution in [3.63, 3.8) is 0 Å². The molecule has 3 N–H and O–H groups in total. The lowest BCUT2D eigenvalue weighted by molar-refractivity contribution is 0.412. The van der Waals surface area contributed by atoms with Crippen LogP contribution in [0.25, 0.3) is 11.1 Å². The van der Waals surface area contributed by atoms with Crippen molar-refractivity contribution in [3.8, 4) is 5.75 Å². The van der Waals surface area contributed by atoms with E-state index in [4.69, 9.17) is 9.15 Å². The van der Waals surface area contributed by atoms with Crippen LogP contribution in [0.3, 0.4) is 0 Å². The lowest BCUT2D eigenvalue weighted by Crippen LogP contribution is -2.03. The fourth-order valence-electron chi connectivity index (χ4n) is 2.82. The number of ether oxygens (including phenoxy) is 1. The van der Waals surface area contributed by atoms with Gasteiger partial charge in [-0.15, -0.1) is 0 Å². The van der Waals surface area contributed by atoms with Crippen molar-refractivity contribution in [2.24, 2.45) is 0 Å². The van der Waals surface area contributed by atoms with Crippen LogP contribution in [0.2, 0.25) is 0 Å². The van der Waals surface area contributed by atoms with E-state index in [0.717, 1.165) is 28.3 Å². The summed E-state index contributed by atoms with van der Waals surface area (Å²) in [6.07, 6.45) is 1.74. The Morgan fingerprint density at radius 3 is 2.64 bits per heavy atom. The predicted octanol–water partition coefficient (Wildman–Crippen LogP) is 4.02. The smallest absolute Gasteiger partial charge is 0.417 e. The van der Waals surface area contributed by atoms with Gasteiger partial charge in [0.25, 0.3) is 0 Å². The van der Waals surface area contributed by atoms with E-state index in [1.165, 1.54) is 0 Å². The Morgan fingerprint density at radius 1 is 1.04 bits per heavy atom. The summed E-state index contributed by atoms with van der Waals surface area (Å²) < 4.78 is 10.4. The Bertz CT molecular complexity index is 1210. The number of aromatic nitrogens is 3. The Hall–Kier alpha value is -3.81. The molecule has 2 aromatic heterocycles. The molecule has 0 saturated carbocycles. The van der Waals surface area contributed by atoms with Crippen molar-refractivity contribution in [1.29, 1.82) is 0 Å². The molecule has 4 aromatic rings. The zero-order chi connectivity index (χ0) is 19.7. The zero-order valence-corrected chi connectivity index (χ0v) is 15.7. The van der Waals surface area contributed by atoms with E-state index in [1.807, 2.05) is 38.1 Å². The van der Waals surface area contributed by atoms with E-state index in [2.05, 4.69) is 25.6 Å². The standard InChI is InChI=1S/C20H19N5O3/c1-11-4-5-14(9-17(11)27-3)23-19-21-10-12(2)18(25-19)22-13-6-7-16-15(8-13)24-20(26)28-16/h4-10H,1-3H3,(H,24,26)(H2,21,22,23,25). The Balaban J connectivity index is 1.60. The quantitative estimate of drug-likeness (QED) is 0.482. The number of methoxy groups -OCH3 is 1. The summed E-state index contributed by atoms with van der Waals surface area (Å²) in [5.41, 5.74) is 4.65. The molecular formula is C20H19N5O3. The first-order valence-corrected chi connectivity index (χ1v) is 8.67. The SMILES string of the molecule is COc1cc(Nc2ncc(C)c(Nc3ccc4oc(=O)[nH]c4c3)n2)ccc1C. The van der Waals surface area contributed by atoms with Gasteiger partial charge in [0.05, 0.1) is 12.6 Å². The van der Waals surface area contributed by atoms with Gasteiger partial charge in [-0.2, -0.15) is 4.98 Å². The van der Waals surface area contributed by atoms with Gasteiger partial charge in [0.1, 0.15) is 11.6 Å². The van der Waals surface area contributed by atoms with Crippen molar-refractivity contribution in [2.75, 3.05) is 17.7 Å². The highest BCUT2D eigenvalue weighted by atomic mass is 16.5. The Morgan fingerprint density at radius 2 is 1.82 bits per heavy atom. The molecule has 0 amide bonds. The van der Waals surface area contributed by atoms with Gasteiger partial charge < -0.3 is 19.8 Å². The molecule has 2 heterocycles. The molecule has 28 heavy (non-hydrogen) atoms. The number of aryl methyl sites for hydroxylation is 2. The number of anilines is 4. The summed E-state index contributed by atoms with van der Waals surface area (Å²) in [4.78, 5) is 22.9. The van der Waals surface area contributed by atoms with Gasteiger partial charge in [0.2, 0.25) is 5.95 Å². The lowest BCUT2D eigenvalue weighted by atomic mass is 10.2. The minimum atomic E-state index is -0.481. The molecule has 0 spiro atoms. The summed E-state index contributed by atoms with van der Waals surface area (Å²) in [7, 11) is 1.64. The average molecular weight is 377 g/mol. The number of rotatable bonds is 5. The van der Waals surface area contributed by atoms with Crippen molar-refractivity contribution < 1.29 is 9.15 Å². The highest BCUT2D eigenvalue weighted by molar-refractivity contribution is 5.78. The number of hydrogen-bond donors (Lipinski definition) is 3. The Labute approximate surface area is 160 Å². The first-order valence-electron chi connectivity index (χ1n) is 8.67. The van der Waals surface area contributed by atoms with E-state index in [9.17, 15) is 4.79 Å². The maximum atomic E-state index is 11.3. The fourth-order valence-corrected chi connectivity index (χ4v) is 2.82. The van der Waals surface area contributed by atoms with Crippen LogP contribution < -0.4 is 21.1 Å². The molecule has 0 atom stereocenters. The molecule has 0 aliphatic carbocycles. The fraction of sp³-hybridized carbons (Fsp3) is 0.150. The van der Waals surface area contributed by atoms with Gasteiger partial charge in [-0.05, 0) is 43.7 Å². The topological polar surface area (TPSA) is 105 Å². The summed E-state index contributed by atoms with van der Waals surface area (Å²) in [6, 6.07) is 11.1. The molecule has 0 saturated heterocycles. The minimum Gasteiger partial charge on any atom is -0.496 e. The summed E-state index contributed by atoms with van der Waals surface area (Å²) >= 11 is 0. The maximum Gasteiger partial charge on any atom is 0.417 e. The molecule has 0 radical (unpaired) electrons. The number of hydrogen-bond acceptors (Lipinski definition) is 7. The highest BCUT2D eigenvalue weighted by Gasteiger charge is 2.08. The third-order valence-corrected chi connectivity index (χ3v) is 4.32.